The van der Waals surface area contributed by atoms with Gasteiger partial charge in [-0.25, -0.2) is 0 Å². The summed E-state index contributed by atoms with van der Waals surface area (Å²) in [6, 6.07) is 5.23. The number of rotatable bonds is 5. The molecule has 2 N–H and O–H groups in total. The van der Waals surface area contributed by atoms with E-state index in [0.717, 1.165) is 5.56 Å². The molecule has 0 amide bonds. The summed E-state index contributed by atoms with van der Waals surface area (Å²) in [5.41, 5.74) is -0.133. The van der Waals surface area contributed by atoms with Gasteiger partial charge in [-0.05, 0) is 38.5 Å². The summed E-state index contributed by atoms with van der Waals surface area (Å²) in [7, 11) is 1.54. The van der Waals surface area contributed by atoms with Crippen LogP contribution in [0.5, 0.6) is 11.5 Å². The first kappa shape index (κ1) is 13.8. The maximum atomic E-state index is 9.58. The molecule has 1 aromatic rings. The number of methoxy groups -OCH3 is 1. The van der Waals surface area contributed by atoms with Crippen LogP contribution in [0.25, 0.3) is 0 Å². The van der Waals surface area contributed by atoms with Crippen LogP contribution in [0.3, 0.4) is 0 Å². The predicted molar refractivity (Wildman–Crippen MR) is 65.4 cm³/mol. The van der Waals surface area contributed by atoms with E-state index >= 15 is 0 Å². The van der Waals surface area contributed by atoms with Crippen molar-refractivity contribution in [1.82, 2.24) is 0 Å². The molecular formula is C13H20O4. The number of ether oxygens (including phenoxy) is 2. The summed E-state index contributed by atoms with van der Waals surface area (Å²) in [5, 5.41) is 19.0. The standard InChI is InChI=1S/C13H20O4/c1-9(14)10-5-6-11(12(7-10)16-4)17-8-13(2,3)15/h5-7,9,14-15H,8H2,1-4H3/t9-/m0/s1. The molecule has 96 valence electrons. The summed E-state index contributed by atoms with van der Waals surface area (Å²) in [4.78, 5) is 0. The molecule has 4 nitrogen and oxygen atoms in total. The van der Waals surface area contributed by atoms with Gasteiger partial charge in [0.1, 0.15) is 6.61 Å². The van der Waals surface area contributed by atoms with Crippen LogP contribution >= 0.6 is 0 Å². The minimum atomic E-state index is -0.895. The molecule has 1 rings (SSSR count). The van der Waals surface area contributed by atoms with Crippen molar-refractivity contribution in [2.24, 2.45) is 0 Å². The van der Waals surface area contributed by atoms with Crippen molar-refractivity contribution < 1.29 is 19.7 Å². The summed E-state index contributed by atoms with van der Waals surface area (Å²) in [6.45, 7) is 5.21. The van der Waals surface area contributed by atoms with Gasteiger partial charge in [0.05, 0.1) is 18.8 Å². The highest BCUT2D eigenvalue weighted by atomic mass is 16.5. The van der Waals surface area contributed by atoms with Crippen LogP contribution in [-0.4, -0.2) is 29.5 Å². The Balaban J connectivity index is 2.86. The average molecular weight is 240 g/mol. The first-order valence-electron chi connectivity index (χ1n) is 5.54. The third-order valence-corrected chi connectivity index (χ3v) is 2.25. The highest BCUT2D eigenvalue weighted by molar-refractivity contribution is 5.43. The third kappa shape index (κ3) is 4.24. The van der Waals surface area contributed by atoms with Crippen molar-refractivity contribution in [2.75, 3.05) is 13.7 Å². The van der Waals surface area contributed by atoms with Crippen molar-refractivity contribution in [3.63, 3.8) is 0 Å². The quantitative estimate of drug-likeness (QED) is 0.825. The van der Waals surface area contributed by atoms with Crippen LogP contribution < -0.4 is 9.47 Å². The topological polar surface area (TPSA) is 58.9 Å². The van der Waals surface area contributed by atoms with Gasteiger partial charge < -0.3 is 19.7 Å². The zero-order valence-corrected chi connectivity index (χ0v) is 10.7. The Morgan fingerprint density at radius 2 is 1.94 bits per heavy atom. The van der Waals surface area contributed by atoms with Crippen molar-refractivity contribution in [3.05, 3.63) is 23.8 Å². The zero-order chi connectivity index (χ0) is 13.1. The molecule has 0 saturated heterocycles. The maximum Gasteiger partial charge on any atom is 0.161 e. The number of aliphatic hydroxyl groups excluding tert-OH is 1. The Hall–Kier alpha value is -1.26. The van der Waals surface area contributed by atoms with Gasteiger partial charge in [-0.1, -0.05) is 6.07 Å². The minimum absolute atomic E-state index is 0.178. The number of benzene rings is 1. The molecule has 17 heavy (non-hydrogen) atoms. The highest BCUT2D eigenvalue weighted by Gasteiger charge is 2.15. The highest BCUT2D eigenvalue weighted by Crippen LogP contribution is 2.30. The van der Waals surface area contributed by atoms with E-state index in [1.807, 2.05) is 0 Å². The Kier molecular flexibility index (Phi) is 4.37. The second-order valence-electron chi connectivity index (χ2n) is 4.69. The van der Waals surface area contributed by atoms with Crippen LogP contribution in [0.15, 0.2) is 18.2 Å². The van der Waals surface area contributed by atoms with Gasteiger partial charge >= 0.3 is 0 Å². The molecule has 0 unspecified atom stereocenters. The normalized spacial score (nSPS) is 13.3. The molecule has 0 aromatic heterocycles. The van der Waals surface area contributed by atoms with Crippen molar-refractivity contribution in [1.29, 1.82) is 0 Å². The van der Waals surface area contributed by atoms with E-state index in [0.29, 0.717) is 11.5 Å². The van der Waals surface area contributed by atoms with Crippen LogP contribution in [0.1, 0.15) is 32.4 Å². The summed E-state index contributed by atoms with van der Waals surface area (Å²) in [5.74, 6) is 1.10. The zero-order valence-electron chi connectivity index (χ0n) is 10.7. The molecule has 1 aromatic carbocycles. The second-order valence-corrected chi connectivity index (χ2v) is 4.69. The molecule has 0 saturated carbocycles. The number of hydrogen-bond donors (Lipinski definition) is 2. The largest absolute Gasteiger partial charge is 0.493 e. The van der Waals surface area contributed by atoms with Gasteiger partial charge in [-0.15, -0.1) is 0 Å². The molecule has 0 aliphatic carbocycles. The predicted octanol–water partition coefficient (Wildman–Crippen LogP) is 1.90. The SMILES string of the molecule is COc1cc([C@H](C)O)ccc1OCC(C)(C)O. The summed E-state index contributed by atoms with van der Waals surface area (Å²) in [6.07, 6.45) is -0.549. The van der Waals surface area contributed by atoms with Gasteiger partial charge in [0.2, 0.25) is 0 Å². The second kappa shape index (κ2) is 5.38. The Morgan fingerprint density at radius 1 is 1.29 bits per heavy atom. The van der Waals surface area contributed by atoms with E-state index in [-0.39, 0.29) is 6.61 Å². The molecular weight excluding hydrogens is 220 g/mol. The van der Waals surface area contributed by atoms with E-state index in [2.05, 4.69) is 0 Å². The first-order chi connectivity index (χ1) is 7.83. The molecule has 1 atom stereocenters. The number of aliphatic hydroxyl groups is 2. The fourth-order valence-electron chi connectivity index (χ4n) is 1.32. The lowest BCUT2D eigenvalue weighted by atomic mass is 10.1. The van der Waals surface area contributed by atoms with Gasteiger partial charge in [-0.2, -0.15) is 0 Å². The fraction of sp³-hybridized carbons (Fsp3) is 0.538. The lowest BCUT2D eigenvalue weighted by Crippen LogP contribution is -2.28. The van der Waals surface area contributed by atoms with Crippen LogP contribution in [0, 0.1) is 0 Å². The average Bonchev–Trinajstić information content (AvgIpc) is 2.24. The van der Waals surface area contributed by atoms with Gasteiger partial charge in [0, 0.05) is 0 Å². The lowest BCUT2D eigenvalue weighted by molar-refractivity contribution is 0.0276. The van der Waals surface area contributed by atoms with Crippen LogP contribution in [0.2, 0.25) is 0 Å². The fourth-order valence-corrected chi connectivity index (χ4v) is 1.32. The van der Waals surface area contributed by atoms with Gasteiger partial charge in [0.15, 0.2) is 11.5 Å². The Morgan fingerprint density at radius 3 is 2.41 bits per heavy atom. The van der Waals surface area contributed by atoms with E-state index in [1.54, 1.807) is 39.0 Å². The van der Waals surface area contributed by atoms with Crippen molar-refractivity contribution in [3.8, 4) is 11.5 Å². The van der Waals surface area contributed by atoms with Gasteiger partial charge in [-0.3, -0.25) is 0 Å². The Bertz CT molecular complexity index is 366. The van der Waals surface area contributed by atoms with E-state index < -0.39 is 11.7 Å². The van der Waals surface area contributed by atoms with Crippen LogP contribution in [0.4, 0.5) is 0 Å². The molecule has 4 heteroatoms. The molecule has 0 radical (unpaired) electrons. The first-order valence-corrected chi connectivity index (χ1v) is 5.54. The molecule has 0 fully saturated rings. The summed E-state index contributed by atoms with van der Waals surface area (Å²) >= 11 is 0. The van der Waals surface area contributed by atoms with Gasteiger partial charge in [0.25, 0.3) is 0 Å². The van der Waals surface area contributed by atoms with Crippen molar-refractivity contribution >= 4 is 0 Å². The minimum Gasteiger partial charge on any atom is -0.493 e. The van der Waals surface area contributed by atoms with E-state index in [9.17, 15) is 10.2 Å². The smallest absolute Gasteiger partial charge is 0.161 e. The van der Waals surface area contributed by atoms with E-state index in [4.69, 9.17) is 9.47 Å². The molecule has 0 heterocycles. The monoisotopic (exact) mass is 240 g/mol. The third-order valence-electron chi connectivity index (χ3n) is 2.25. The Labute approximate surface area is 102 Å². The summed E-state index contributed by atoms with van der Waals surface area (Å²) < 4.78 is 10.7. The number of hydrogen-bond acceptors (Lipinski definition) is 4. The molecule has 0 bridgehead atoms. The molecule has 0 aliphatic rings. The molecule has 0 aliphatic heterocycles. The van der Waals surface area contributed by atoms with E-state index in [1.165, 1.54) is 7.11 Å². The van der Waals surface area contributed by atoms with Crippen LogP contribution in [-0.2, 0) is 0 Å². The molecule has 0 spiro atoms. The lowest BCUT2D eigenvalue weighted by Gasteiger charge is -2.19. The maximum absolute atomic E-state index is 9.58. The van der Waals surface area contributed by atoms with Crippen molar-refractivity contribution in [2.45, 2.75) is 32.5 Å².